The Morgan fingerprint density at radius 3 is 2.74 bits per heavy atom. The zero-order chi connectivity index (χ0) is 24.8. The van der Waals surface area contributed by atoms with E-state index in [0.29, 0.717) is 28.6 Å². The number of methoxy groups -OCH3 is 1. The third kappa shape index (κ3) is 4.28. The summed E-state index contributed by atoms with van der Waals surface area (Å²) in [6.07, 6.45) is 0.705. The minimum absolute atomic E-state index is 0.0937. The molecule has 1 amide bonds. The maximum atomic E-state index is 13.4. The van der Waals surface area contributed by atoms with Gasteiger partial charge in [0, 0.05) is 10.6 Å². The molecule has 8 nitrogen and oxygen atoms in total. The van der Waals surface area contributed by atoms with Crippen molar-refractivity contribution in [2.24, 2.45) is 11.3 Å². The van der Waals surface area contributed by atoms with Crippen LogP contribution < -0.4 is 5.32 Å². The summed E-state index contributed by atoms with van der Waals surface area (Å²) in [5.74, 6) is -1.19. The van der Waals surface area contributed by atoms with Gasteiger partial charge in [-0.05, 0) is 49.1 Å². The number of aryl methyl sites for hydroxylation is 1. The molecule has 3 heterocycles. The van der Waals surface area contributed by atoms with E-state index >= 15 is 0 Å². The van der Waals surface area contributed by atoms with Crippen molar-refractivity contribution >= 4 is 34.0 Å². The molecule has 0 fully saturated rings. The highest BCUT2D eigenvalue weighted by Gasteiger charge is 2.36. The number of halogens is 2. The highest BCUT2D eigenvalue weighted by molar-refractivity contribution is 7.17. The molecule has 0 spiro atoms. The number of thiophene rings is 1. The van der Waals surface area contributed by atoms with Crippen LogP contribution in [0.2, 0.25) is 0 Å². The monoisotopic (exact) mass is 491 g/mol. The Morgan fingerprint density at radius 1 is 1.35 bits per heavy atom. The molecule has 0 saturated heterocycles. The van der Waals surface area contributed by atoms with E-state index < -0.39 is 24.0 Å². The van der Waals surface area contributed by atoms with Gasteiger partial charge in [0.1, 0.15) is 10.7 Å². The highest BCUT2D eigenvalue weighted by atomic mass is 32.1. The molecule has 0 radical (unpaired) electrons. The van der Waals surface area contributed by atoms with Gasteiger partial charge in [0.25, 0.3) is 18.1 Å². The van der Waals surface area contributed by atoms with E-state index in [4.69, 9.17) is 4.74 Å². The first-order chi connectivity index (χ1) is 16.1. The van der Waals surface area contributed by atoms with E-state index in [0.717, 1.165) is 34.2 Å². The molecule has 1 aliphatic carbocycles. The van der Waals surface area contributed by atoms with Gasteiger partial charge in [-0.25, -0.2) is 18.6 Å². The van der Waals surface area contributed by atoms with Crippen LogP contribution in [0.3, 0.4) is 0 Å². The molecule has 3 aromatic heterocycles. The van der Waals surface area contributed by atoms with Crippen LogP contribution >= 0.6 is 11.3 Å². The average molecular weight is 492 g/mol. The van der Waals surface area contributed by atoms with Gasteiger partial charge in [0.2, 0.25) is 5.82 Å². The molecule has 4 rings (SSSR count). The number of hydrogen-bond acceptors (Lipinski definition) is 7. The fourth-order valence-electron chi connectivity index (χ4n) is 4.37. The SMILES string of the molecule is CCC(C)(C)C1CCc2c(sc(NC(=O)c3nc4nc(C)cc(C(F)F)n4n3)c2C(=O)OC)C1. The van der Waals surface area contributed by atoms with Gasteiger partial charge in [0.05, 0.1) is 12.7 Å². The molecular formula is C23H27F2N5O3S. The van der Waals surface area contributed by atoms with Crippen molar-refractivity contribution < 1.29 is 23.1 Å². The molecule has 11 heteroatoms. The Labute approximate surface area is 199 Å². The number of esters is 1. The number of anilines is 1. The van der Waals surface area contributed by atoms with Crippen LogP contribution in [0, 0.1) is 18.3 Å². The van der Waals surface area contributed by atoms with Crippen LogP contribution in [-0.2, 0) is 17.6 Å². The molecule has 1 atom stereocenters. The van der Waals surface area contributed by atoms with Crippen LogP contribution in [0.25, 0.3) is 5.78 Å². The van der Waals surface area contributed by atoms with Crippen molar-refractivity contribution in [3.05, 3.63) is 39.3 Å². The van der Waals surface area contributed by atoms with Gasteiger partial charge in [-0.1, -0.05) is 27.2 Å². The number of carbonyl (C=O) groups excluding carboxylic acids is 2. The Kier molecular flexibility index (Phi) is 6.41. The maximum Gasteiger partial charge on any atom is 0.341 e. The molecular weight excluding hydrogens is 464 g/mol. The number of nitrogens with zero attached hydrogens (tertiary/aromatic N) is 4. The molecule has 1 N–H and O–H groups in total. The molecule has 0 aliphatic heterocycles. The number of carbonyl (C=O) groups is 2. The largest absolute Gasteiger partial charge is 0.465 e. The first-order valence-corrected chi connectivity index (χ1v) is 11.9. The average Bonchev–Trinajstić information content (AvgIpc) is 3.38. The smallest absolute Gasteiger partial charge is 0.341 e. The molecule has 3 aromatic rings. The van der Waals surface area contributed by atoms with Crippen molar-refractivity contribution in [3.63, 3.8) is 0 Å². The lowest BCUT2D eigenvalue weighted by Gasteiger charge is -2.36. The summed E-state index contributed by atoms with van der Waals surface area (Å²) in [5, 5.41) is 7.01. The van der Waals surface area contributed by atoms with Crippen LogP contribution in [0.5, 0.6) is 0 Å². The molecule has 0 aromatic carbocycles. The molecule has 1 aliphatic rings. The number of amides is 1. The standard InChI is InChI=1S/C23H27F2N5O3S/c1-6-23(3,4)12-7-8-13-15(10-12)34-20(16(13)21(32)33-5)28-19(31)18-27-22-26-11(2)9-14(17(24)25)30(22)29-18/h9,12,17H,6-8,10H2,1-5H3,(H,28,31). The van der Waals surface area contributed by atoms with Crippen molar-refractivity contribution in [3.8, 4) is 0 Å². The predicted octanol–water partition coefficient (Wildman–Crippen LogP) is 5.01. The molecule has 34 heavy (non-hydrogen) atoms. The van der Waals surface area contributed by atoms with E-state index in [1.165, 1.54) is 24.5 Å². The second-order valence-corrected chi connectivity index (χ2v) is 10.3. The Balaban J connectivity index is 1.68. The fraction of sp³-hybridized carbons (Fsp3) is 0.522. The lowest BCUT2D eigenvalue weighted by atomic mass is 9.69. The molecule has 0 saturated carbocycles. The van der Waals surface area contributed by atoms with E-state index in [9.17, 15) is 18.4 Å². The van der Waals surface area contributed by atoms with Gasteiger partial charge in [-0.2, -0.15) is 9.50 Å². The molecule has 0 bridgehead atoms. The number of hydrogen-bond donors (Lipinski definition) is 1. The Morgan fingerprint density at radius 2 is 2.09 bits per heavy atom. The summed E-state index contributed by atoms with van der Waals surface area (Å²) in [6.45, 7) is 8.23. The molecule has 182 valence electrons. The second kappa shape index (κ2) is 9.01. The van der Waals surface area contributed by atoms with Gasteiger partial charge < -0.3 is 10.1 Å². The van der Waals surface area contributed by atoms with Crippen molar-refractivity contribution in [1.29, 1.82) is 0 Å². The van der Waals surface area contributed by atoms with Crippen LogP contribution in [-0.4, -0.2) is 38.6 Å². The summed E-state index contributed by atoms with van der Waals surface area (Å²) in [6, 6.07) is 1.20. The Bertz CT molecular complexity index is 1270. The normalized spacial score (nSPS) is 16.1. The number of nitrogens with one attached hydrogen (secondary N) is 1. The van der Waals surface area contributed by atoms with Gasteiger partial charge >= 0.3 is 5.97 Å². The zero-order valence-electron chi connectivity index (χ0n) is 19.7. The summed E-state index contributed by atoms with van der Waals surface area (Å²) >= 11 is 1.35. The van der Waals surface area contributed by atoms with E-state index in [-0.39, 0.29) is 17.0 Å². The molecule has 1 unspecified atom stereocenters. The number of alkyl halides is 2. The van der Waals surface area contributed by atoms with Crippen molar-refractivity contribution in [1.82, 2.24) is 19.6 Å². The third-order valence-electron chi connectivity index (χ3n) is 6.79. The van der Waals surface area contributed by atoms with Gasteiger partial charge in [-0.15, -0.1) is 16.4 Å². The van der Waals surface area contributed by atoms with Crippen LogP contribution in [0.1, 0.15) is 82.8 Å². The fourth-order valence-corrected chi connectivity index (χ4v) is 5.68. The van der Waals surface area contributed by atoms with Crippen LogP contribution in [0.15, 0.2) is 6.07 Å². The predicted molar refractivity (Wildman–Crippen MR) is 124 cm³/mol. The van der Waals surface area contributed by atoms with Crippen LogP contribution in [0.4, 0.5) is 13.8 Å². The van der Waals surface area contributed by atoms with Crippen molar-refractivity contribution in [2.75, 3.05) is 12.4 Å². The van der Waals surface area contributed by atoms with E-state index in [2.05, 4.69) is 41.2 Å². The van der Waals surface area contributed by atoms with Gasteiger partial charge in [0.15, 0.2) is 0 Å². The second-order valence-electron chi connectivity index (χ2n) is 9.21. The first kappa shape index (κ1) is 24.2. The summed E-state index contributed by atoms with van der Waals surface area (Å²) in [4.78, 5) is 34.8. The summed E-state index contributed by atoms with van der Waals surface area (Å²) in [5.41, 5.74) is 1.33. The lowest BCUT2D eigenvalue weighted by molar-refractivity contribution is 0.0600. The number of rotatable bonds is 6. The number of fused-ring (bicyclic) bond motifs is 2. The minimum Gasteiger partial charge on any atom is -0.465 e. The zero-order valence-corrected chi connectivity index (χ0v) is 20.6. The quantitative estimate of drug-likeness (QED) is 0.487. The van der Waals surface area contributed by atoms with E-state index in [1.807, 2.05) is 0 Å². The highest BCUT2D eigenvalue weighted by Crippen LogP contribution is 2.45. The lowest BCUT2D eigenvalue weighted by Crippen LogP contribution is -2.28. The summed E-state index contributed by atoms with van der Waals surface area (Å²) < 4.78 is 32.7. The van der Waals surface area contributed by atoms with E-state index in [1.54, 1.807) is 6.92 Å². The topological polar surface area (TPSA) is 98.5 Å². The number of aromatic nitrogens is 4. The summed E-state index contributed by atoms with van der Waals surface area (Å²) in [7, 11) is 1.30. The third-order valence-corrected chi connectivity index (χ3v) is 7.96. The van der Waals surface area contributed by atoms with Gasteiger partial charge in [-0.3, -0.25) is 4.79 Å². The van der Waals surface area contributed by atoms with Crippen molar-refractivity contribution in [2.45, 2.75) is 59.8 Å². The minimum atomic E-state index is -2.81. The first-order valence-electron chi connectivity index (χ1n) is 11.1. The Hall–Kier alpha value is -2.95. The maximum absolute atomic E-state index is 13.4. The number of ether oxygens (including phenoxy) is 1.